The van der Waals surface area contributed by atoms with Crippen LogP contribution in [-0.2, 0) is 6.54 Å². The number of hydrogen-bond acceptors (Lipinski definition) is 2. The maximum Gasteiger partial charge on any atom is 0.234 e. The van der Waals surface area contributed by atoms with Crippen molar-refractivity contribution < 1.29 is 9.36 Å². The van der Waals surface area contributed by atoms with Gasteiger partial charge in [0.1, 0.15) is 0 Å². The van der Waals surface area contributed by atoms with E-state index in [4.69, 9.17) is 0 Å². The summed E-state index contributed by atoms with van der Waals surface area (Å²) >= 11 is 1.72. The average molecular weight is 232 g/mol. The zero-order valence-corrected chi connectivity index (χ0v) is 10.3. The fourth-order valence-electron chi connectivity index (χ4n) is 1.66. The van der Waals surface area contributed by atoms with Crippen molar-refractivity contribution in [3.8, 4) is 0 Å². The van der Waals surface area contributed by atoms with Gasteiger partial charge in [0.15, 0.2) is 6.20 Å². The Morgan fingerprint density at radius 1 is 1.25 bits per heavy atom. The predicted octanol–water partition coefficient (Wildman–Crippen LogP) is 2.54. The molecular weight excluding hydrogens is 218 g/mol. The number of aryl methyl sites for hydroxylation is 2. The minimum absolute atomic E-state index is 0.159. The fourth-order valence-corrected chi connectivity index (χ4v) is 2.54. The zero-order chi connectivity index (χ0) is 11.5. The van der Waals surface area contributed by atoms with Crippen LogP contribution < -0.4 is 4.57 Å². The number of aromatic nitrogens is 1. The number of carbonyl (C=O) groups excluding carboxylic acids is 1. The van der Waals surface area contributed by atoms with E-state index in [2.05, 4.69) is 6.92 Å². The Kier molecular flexibility index (Phi) is 3.15. The lowest BCUT2D eigenvalue weighted by Gasteiger charge is -1.96. The Balaban J connectivity index is 2.17. The summed E-state index contributed by atoms with van der Waals surface area (Å²) in [5, 5.41) is 1.17. The molecule has 0 saturated heterocycles. The van der Waals surface area contributed by atoms with E-state index < -0.39 is 0 Å². The summed E-state index contributed by atoms with van der Waals surface area (Å²) in [5.74, 6) is 0.159. The Bertz CT molecular complexity index is 502. The average Bonchev–Trinajstić information content (AvgIpc) is 2.59. The van der Waals surface area contributed by atoms with E-state index in [1.807, 2.05) is 48.0 Å². The molecule has 0 spiro atoms. The number of carbonyl (C=O) groups is 1. The van der Waals surface area contributed by atoms with Crippen molar-refractivity contribution in [2.45, 2.75) is 20.4 Å². The molecule has 2 aromatic rings. The van der Waals surface area contributed by atoms with Gasteiger partial charge in [-0.15, -0.1) is 0 Å². The van der Waals surface area contributed by atoms with Crippen molar-refractivity contribution in [3.63, 3.8) is 0 Å². The molecule has 1 aromatic heterocycles. The smallest absolute Gasteiger partial charge is 0.234 e. The summed E-state index contributed by atoms with van der Waals surface area (Å²) in [4.78, 5) is 13.2. The van der Waals surface area contributed by atoms with Crippen LogP contribution in [0.3, 0.4) is 0 Å². The van der Waals surface area contributed by atoms with Gasteiger partial charge in [0.25, 0.3) is 0 Å². The largest absolute Gasteiger partial charge is 0.287 e. The normalized spacial score (nSPS) is 10.4. The lowest BCUT2D eigenvalue weighted by molar-refractivity contribution is -0.684. The molecule has 2 rings (SSSR count). The number of benzene rings is 1. The van der Waals surface area contributed by atoms with Gasteiger partial charge in [-0.3, -0.25) is 4.79 Å². The Morgan fingerprint density at radius 3 is 2.50 bits per heavy atom. The molecule has 0 bridgehead atoms. The van der Waals surface area contributed by atoms with Crippen LogP contribution in [-0.4, -0.2) is 5.78 Å². The van der Waals surface area contributed by atoms with Crippen molar-refractivity contribution in [1.82, 2.24) is 0 Å². The number of hydrogen-bond donors (Lipinski definition) is 0. The maximum atomic E-state index is 12.0. The van der Waals surface area contributed by atoms with E-state index >= 15 is 0 Å². The van der Waals surface area contributed by atoms with Gasteiger partial charge in [0, 0.05) is 12.5 Å². The summed E-state index contributed by atoms with van der Waals surface area (Å²) in [6.07, 6.45) is 2.03. The van der Waals surface area contributed by atoms with Gasteiger partial charge in [0.05, 0.1) is 4.88 Å². The SMILES string of the molecule is Cc1c[n+](CC(=O)c2ccccc2)c(C)s1. The third kappa shape index (κ3) is 2.36. The molecule has 0 aliphatic carbocycles. The molecule has 82 valence electrons. The van der Waals surface area contributed by atoms with Gasteiger partial charge in [-0.1, -0.05) is 41.7 Å². The molecule has 3 heteroatoms. The topological polar surface area (TPSA) is 20.9 Å². The molecule has 0 N–H and O–H groups in total. The van der Waals surface area contributed by atoms with Crippen LogP contribution in [0, 0.1) is 13.8 Å². The van der Waals surface area contributed by atoms with E-state index in [0.717, 1.165) is 5.56 Å². The van der Waals surface area contributed by atoms with Crippen molar-refractivity contribution in [1.29, 1.82) is 0 Å². The number of nitrogens with zero attached hydrogens (tertiary/aromatic N) is 1. The molecule has 0 amide bonds. The van der Waals surface area contributed by atoms with Crippen LogP contribution in [0.25, 0.3) is 0 Å². The van der Waals surface area contributed by atoms with Crippen LogP contribution in [0.4, 0.5) is 0 Å². The minimum Gasteiger partial charge on any atom is -0.287 e. The van der Waals surface area contributed by atoms with E-state index in [1.54, 1.807) is 11.3 Å². The van der Waals surface area contributed by atoms with Crippen LogP contribution >= 0.6 is 11.3 Å². The van der Waals surface area contributed by atoms with Crippen molar-refractivity contribution >= 4 is 17.1 Å². The summed E-state index contributed by atoms with van der Waals surface area (Å²) in [7, 11) is 0. The Morgan fingerprint density at radius 2 is 1.94 bits per heavy atom. The third-order valence-corrected chi connectivity index (χ3v) is 3.42. The lowest BCUT2D eigenvalue weighted by atomic mass is 10.1. The van der Waals surface area contributed by atoms with Crippen LogP contribution in [0.15, 0.2) is 36.5 Å². The number of Topliss-reactive ketones (excluding diaryl/α,β-unsaturated/α-hetero) is 1. The molecule has 1 aromatic carbocycles. The molecule has 0 atom stereocenters. The zero-order valence-electron chi connectivity index (χ0n) is 9.43. The predicted molar refractivity (Wildman–Crippen MR) is 64.8 cm³/mol. The van der Waals surface area contributed by atoms with Gasteiger partial charge < -0.3 is 0 Å². The lowest BCUT2D eigenvalue weighted by Crippen LogP contribution is -2.38. The molecular formula is C13H14NOS+. The molecule has 0 unspecified atom stereocenters. The quantitative estimate of drug-likeness (QED) is 0.588. The molecule has 0 aliphatic heterocycles. The summed E-state index contributed by atoms with van der Waals surface area (Å²) in [6, 6.07) is 9.42. The summed E-state index contributed by atoms with van der Waals surface area (Å²) in [6.45, 7) is 4.53. The highest BCUT2D eigenvalue weighted by atomic mass is 32.1. The Labute approximate surface area is 99.2 Å². The first kappa shape index (κ1) is 11.0. The van der Waals surface area contributed by atoms with Crippen molar-refractivity contribution in [2.24, 2.45) is 0 Å². The minimum atomic E-state index is 0.159. The van der Waals surface area contributed by atoms with Crippen molar-refractivity contribution in [2.75, 3.05) is 0 Å². The highest BCUT2D eigenvalue weighted by Crippen LogP contribution is 2.08. The molecule has 16 heavy (non-hydrogen) atoms. The second-order valence-corrected chi connectivity index (χ2v) is 5.22. The van der Waals surface area contributed by atoms with Crippen LogP contribution in [0.5, 0.6) is 0 Å². The number of ketones is 1. The van der Waals surface area contributed by atoms with Gasteiger partial charge in [-0.2, -0.15) is 4.57 Å². The molecule has 0 fully saturated rings. The third-order valence-electron chi connectivity index (χ3n) is 2.46. The van der Waals surface area contributed by atoms with E-state index in [0.29, 0.717) is 6.54 Å². The number of rotatable bonds is 3. The first-order valence-corrected chi connectivity index (χ1v) is 6.03. The fraction of sp³-hybridized carbons (Fsp3) is 0.231. The molecule has 0 aliphatic rings. The van der Waals surface area contributed by atoms with Crippen LogP contribution in [0.2, 0.25) is 0 Å². The van der Waals surface area contributed by atoms with Gasteiger partial charge >= 0.3 is 0 Å². The van der Waals surface area contributed by atoms with Crippen molar-refractivity contribution in [3.05, 3.63) is 52.0 Å². The van der Waals surface area contributed by atoms with E-state index in [9.17, 15) is 4.79 Å². The van der Waals surface area contributed by atoms with Crippen LogP contribution in [0.1, 0.15) is 20.2 Å². The maximum absolute atomic E-state index is 12.0. The van der Waals surface area contributed by atoms with Gasteiger partial charge in [-0.25, -0.2) is 0 Å². The summed E-state index contributed by atoms with van der Waals surface area (Å²) < 4.78 is 2.01. The molecule has 0 saturated carbocycles. The first-order chi connectivity index (χ1) is 7.66. The van der Waals surface area contributed by atoms with E-state index in [1.165, 1.54) is 9.88 Å². The van der Waals surface area contributed by atoms with Gasteiger partial charge in [0.2, 0.25) is 17.3 Å². The molecule has 2 nitrogen and oxygen atoms in total. The number of thiazole rings is 1. The highest BCUT2D eigenvalue weighted by Gasteiger charge is 2.16. The van der Waals surface area contributed by atoms with E-state index in [-0.39, 0.29) is 5.78 Å². The van der Waals surface area contributed by atoms with Gasteiger partial charge in [-0.05, 0) is 6.92 Å². The standard InChI is InChI=1S/C13H14NOS/c1-10-8-14(11(2)16-10)9-13(15)12-6-4-3-5-7-12/h3-8H,9H2,1-2H3/q+1. The monoisotopic (exact) mass is 232 g/mol. The Hall–Kier alpha value is -1.48. The molecule has 0 radical (unpaired) electrons. The highest BCUT2D eigenvalue weighted by molar-refractivity contribution is 7.11. The molecule has 1 heterocycles. The first-order valence-electron chi connectivity index (χ1n) is 5.21. The second-order valence-electron chi connectivity index (χ2n) is 3.78. The second kappa shape index (κ2) is 4.58. The summed E-state index contributed by atoms with van der Waals surface area (Å²) in [5.41, 5.74) is 0.776.